The van der Waals surface area contributed by atoms with Crippen molar-refractivity contribution < 1.29 is 28.9 Å². The quantitative estimate of drug-likeness (QED) is 0.349. The number of ether oxygens (including phenoxy) is 3. The van der Waals surface area contributed by atoms with E-state index < -0.39 is 12.1 Å². The van der Waals surface area contributed by atoms with Crippen LogP contribution in [0, 0.1) is 0 Å². The summed E-state index contributed by atoms with van der Waals surface area (Å²) in [7, 11) is 0. The number of thiophene rings is 1. The Kier molecular flexibility index (Phi) is 5.15. The van der Waals surface area contributed by atoms with E-state index >= 15 is 0 Å². The second kappa shape index (κ2) is 8.48. The van der Waals surface area contributed by atoms with E-state index in [9.17, 15) is 14.7 Å². The first-order valence-corrected chi connectivity index (χ1v) is 11.8. The van der Waals surface area contributed by atoms with Crippen molar-refractivity contribution in [1.29, 1.82) is 0 Å². The van der Waals surface area contributed by atoms with Crippen LogP contribution >= 0.6 is 11.3 Å². The Bertz CT molecular complexity index is 1430. The average Bonchev–Trinajstić information content (AvgIpc) is 3.58. The number of aromatic carboxylic acids is 1. The molecule has 1 aromatic heterocycles. The highest BCUT2D eigenvalue weighted by Crippen LogP contribution is 2.45. The Morgan fingerprint density at radius 2 is 1.63 bits per heavy atom. The molecule has 1 aliphatic carbocycles. The fraction of sp³-hybridized carbons (Fsp3) is 0.111. The summed E-state index contributed by atoms with van der Waals surface area (Å²) in [5, 5.41) is 12.3. The Morgan fingerprint density at radius 1 is 0.943 bits per heavy atom. The number of hydrogen-bond donors (Lipinski definition) is 2. The van der Waals surface area contributed by atoms with Gasteiger partial charge in [0.25, 0.3) is 0 Å². The molecule has 35 heavy (non-hydrogen) atoms. The predicted octanol–water partition coefficient (Wildman–Crippen LogP) is 6.20. The van der Waals surface area contributed by atoms with Gasteiger partial charge in [-0.3, -0.25) is 5.32 Å². The highest BCUT2D eigenvalue weighted by Gasteiger charge is 2.29. The molecule has 0 saturated carbocycles. The maximum absolute atomic E-state index is 12.7. The summed E-state index contributed by atoms with van der Waals surface area (Å²) in [6.45, 7) is 0.291. The predicted molar refractivity (Wildman–Crippen MR) is 132 cm³/mol. The van der Waals surface area contributed by atoms with Crippen LogP contribution in [0.3, 0.4) is 0 Å². The molecule has 4 aromatic rings. The number of rotatable bonds is 5. The number of carbonyl (C=O) groups excluding carboxylic acids is 1. The summed E-state index contributed by atoms with van der Waals surface area (Å²) in [6.07, 6.45) is -0.704. The van der Waals surface area contributed by atoms with Crippen LogP contribution in [0.5, 0.6) is 11.5 Å². The Morgan fingerprint density at radius 3 is 2.34 bits per heavy atom. The summed E-state index contributed by atoms with van der Waals surface area (Å²) in [6, 6.07) is 23.2. The van der Waals surface area contributed by atoms with E-state index in [1.54, 1.807) is 18.2 Å². The molecule has 0 radical (unpaired) electrons. The molecule has 2 aliphatic rings. The zero-order valence-electron chi connectivity index (χ0n) is 18.3. The van der Waals surface area contributed by atoms with Crippen LogP contribution in [0.15, 0.2) is 72.8 Å². The molecule has 2 heterocycles. The summed E-state index contributed by atoms with van der Waals surface area (Å²) < 4.78 is 16.3. The van der Waals surface area contributed by atoms with Crippen molar-refractivity contribution in [3.05, 3.63) is 88.8 Å². The average molecular weight is 486 g/mol. The first kappa shape index (κ1) is 21.2. The van der Waals surface area contributed by atoms with E-state index in [1.165, 1.54) is 0 Å². The smallest absolute Gasteiger partial charge is 0.411 e. The molecule has 6 rings (SSSR count). The topological polar surface area (TPSA) is 94.1 Å². The van der Waals surface area contributed by atoms with Crippen molar-refractivity contribution in [2.45, 2.75) is 5.92 Å². The van der Waals surface area contributed by atoms with Gasteiger partial charge in [0.2, 0.25) is 6.79 Å². The molecule has 8 heteroatoms. The number of carbonyl (C=O) groups is 2. The lowest BCUT2D eigenvalue weighted by atomic mass is 9.98. The van der Waals surface area contributed by atoms with Gasteiger partial charge in [0, 0.05) is 10.8 Å². The van der Waals surface area contributed by atoms with Crippen LogP contribution in [0.25, 0.3) is 21.6 Å². The van der Waals surface area contributed by atoms with Gasteiger partial charge in [0.15, 0.2) is 11.5 Å². The van der Waals surface area contributed by atoms with Crippen molar-refractivity contribution in [2.75, 3.05) is 18.7 Å². The minimum Gasteiger partial charge on any atom is -0.477 e. The van der Waals surface area contributed by atoms with Gasteiger partial charge in [0.05, 0.1) is 5.69 Å². The number of amides is 1. The van der Waals surface area contributed by atoms with Gasteiger partial charge in [-0.05, 0) is 52.1 Å². The zero-order chi connectivity index (χ0) is 23.9. The molecule has 2 N–H and O–H groups in total. The molecule has 3 aromatic carbocycles. The molecule has 1 amide bonds. The van der Waals surface area contributed by atoms with E-state index in [4.69, 9.17) is 14.2 Å². The van der Waals surface area contributed by atoms with E-state index in [-0.39, 0.29) is 29.9 Å². The third-order valence-corrected chi connectivity index (χ3v) is 7.34. The molecular formula is C27H19NO6S. The molecule has 7 nitrogen and oxygen atoms in total. The second-order valence-corrected chi connectivity index (χ2v) is 9.23. The highest BCUT2D eigenvalue weighted by atomic mass is 32.1. The molecule has 0 unspecified atom stereocenters. The summed E-state index contributed by atoms with van der Waals surface area (Å²) in [5.74, 6) is 0.0225. The van der Waals surface area contributed by atoms with Crippen LogP contribution < -0.4 is 14.8 Å². The minimum atomic E-state index is -1.13. The molecule has 174 valence electrons. The summed E-state index contributed by atoms with van der Waals surface area (Å²) >= 11 is 1.07. The van der Waals surface area contributed by atoms with Gasteiger partial charge in [-0.15, -0.1) is 11.3 Å². The highest BCUT2D eigenvalue weighted by molar-refractivity contribution is 7.18. The van der Waals surface area contributed by atoms with E-state index in [0.717, 1.165) is 39.2 Å². The lowest BCUT2D eigenvalue weighted by Crippen LogP contribution is -2.18. The molecule has 0 spiro atoms. The fourth-order valence-electron chi connectivity index (χ4n) is 4.58. The zero-order valence-corrected chi connectivity index (χ0v) is 19.1. The number of carboxylic acids is 1. The van der Waals surface area contributed by atoms with Gasteiger partial charge in [0.1, 0.15) is 11.5 Å². The van der Waals surface area contributed by atoms with E-state index in [2.05, 4.69) is 17.4 Å². The Labute approximate surface area is 204 Å². The Hall–Kier alpha value is -4.30. The summed E-state index contributed by atoms with van der Waals surface area (Å²) in [5.41, 5.74) is 5.43. The van der Waals surface area contributed by atoms with E-state index in [0.29, 0.717) is 16.4 Å². The minimum absolute atomic E-state index is 0.0196. The second-order valence-electron chi connectivity index (χ2n) is 8.18. The van der Waals surface area contributed by atoms with Crippen LogP contribution in [0.1, 0.15) is 26.7 Å². The van der Waals surface area contributed by atoms with Gasteiger partial charge < -0.3 is 19.3 Å². The van der Waals surface area contributed by atoms with Crippen LogP contribution in [-0.2, 0) is 4.74 Å². The van der Waals surface area contributed by atoms with Crippen LogP contribution in [0.2, 0.25) is 0 Å². The monoisotopic (exact) mass is 485 g/mol. The lowest BCUT2D eigenvalue weighted by Gasteiger charge is -2.14. The largest absolute Gasteiger partial charge is 0.477 e. The van der Waals surface area contributed by atoms with Crippen molar-refractivity contribution in [3.63, 3.8) is 0 Å². The van der Waals surface area contributed by atoms with Crippen molar-refractivity contribution in [3.8, 4) is 33.1 Å². The number of carboxylic acid groups (broad SMARTS) is 1. The van der Waals surface area contributed by atoms with Gasteiger partial charge in [-0.25, -0.2) is 9.59 Å². The van der Waals surface area contributed by atoms with Crippen molar-refractivity contribution in [1.82, 2.24) is 0 Å². The fourth-order valence-corrected chi connectivity index (χ4v) is 5.53. The number of hydrogen-bond acceptors (Lipinski definition) is 6. The third kappa shape index (κ3) is 3.77. The van der Waals surface area contributed by atoms with Gasteiger partial charge in [-0.1, -0.05) is 48.5 Å². The van der Waals surface area contributed by atoms with Crippen LogP contribution in [-0.4, -0.2) is 30.6 Å². The Balaban J connectivity index is 1.21. The first-order chi connectivity index (χ1) is 17.1. The number of benzene rings is 3. The lowest BCUT2D eigenvalue weighted by molar-refractivity contribution is 0.0703. The first-order valence-electron chi connectivity index (χ1n) is 11.0. The molecule has 0 atom stereocenters. The van der Waals surface area contributed by atoms with Gasteiger partial charge in [-0.2, -0.15) is 0 Å². The molecule has 0 fully saturated rings. The molecular weight excluding hydrogens is 466 g/mol. The van der Waals surface area contributed by atoms with E-state index in [1.807, 2.05) is 42.5 Å². The van der Waals surface area contributed by atoms with Crippen LogP contribution in [0.4, 0.5) is 10.5 Å². The molecule has 0 bridgehead atoms. The normalized spacial score (nSPS) is 13.3. The summed E-state index contributed by atoms with van der Waals surface area (Å²) in [4.78, 5) is 25.3. The van der Waals surface area contributed by atoms with Crippen molar-refractivity contribution >= 4 is 29.1 Å². The molecule has 0 saturated heterocycles. The SMILES string of the molecule is O=C(Nc1cc(-c2ccc3c(c2)OCO3)sc1C(=O)O)OCC1c2ccccc2-c2ccccc21. The third-order valence-electron chi connectivity index (χ3n) is 6.16. The maximum Gasteiger partial charge on any atom is 0.411 e. The number of nitrogens with one attached hydrogen (secondary N) is 1. The standard InChI is InChI=1S/C27H19NO6S/c29-26(30)25-21(12-24(35-25)15-9-10-22-23(11-15)34-14-33-22)28-27(31)32-13-20-18-7-3-1-5-16(18)17-6-2-4-8-19(17)20/h1-12,20H,13-14H2,(H,28,31)(H,29,30). The number of anilines is 1. The maximum atomic E-state index is 12.7. The number of fused-ring (bicyclic) bond motifs is 4. The van der Waals surface area contributed by atoms with Gasteiger partial charge >= 0.3 is 12.1 Å². The van der Waals surface area contributed by atoms with Crippen molar-refractivity contribution in [2.24, 2.45) is 0 Å². The molecule has 1 aliphatic heterocycles.